The van der Waals surface area contributed by atoms with Crippen LogP contribution in [-0.2, 0) is 0 Å². The predicted molar refractivity (Wildman–Crippen MR) is 597 cm³/mol. The monoisotopic (exact) mass is 1790 g/mol. The molecular formula is C132H202. The molecule has 0 amide bonds. The minimum atomic E-state index is 0.838. The number of aryl methyl sites for hydroxylation is 20. The van der Waals surface area contributed by atoms with E-state index in [2.05, 4.69) is 479 Å². The molecule has 0 aliphatic heterocycles. The van der Waals surface area contributed by atoms with E-state index in [0.717, 1.165) is 148 Å². The Morgan fingerprint density at radius 2 is 0.455 bits per heavy atom. The molecule has 10 aliphatic carbocycles. The highest BCUT2D eigenvalue weighted by atomic mass is 14.6. The van der Waals surface area contributed by atoms with Gasteiger partial charge in [0.2, 0.25) is 0 Å². The molecule has 132 heavy (non-hydrogen) atoms. The van der Waals surface area contributed by atoms with Gasteiger partial charge in [-0.3, -0.25) is 0 Å². The summed E-state index contributed by atoms with van der Waals surface area (Å²) in [6.07, 6.45) is 22.3. The van der Waals surface area contributed by atoms with Gasteiger partial charge in [0.25, 0.3) is 0 Å². The number of hydrogen-bond acceptors (Lipinski definition) is 0. The molecule has 0 nitrogen and oxygen atoms in total. The zero-order valence-electron chi connectivity index (χ0n) is 93.8. The molecule has 5 saturated carbocycles. The first-order valence-corrected chi connectivity index (χ1v) is 53.2. The standard InChI is InChI=1S/C14H22.2C14H16.C12H20.C12H22.C10H20.C10H14.C9H18.4C8H10.C3H8.C2H6/c1-7-8(2)12-6-5-11(7)13-9(3)10(4)14(12)13;1-9-5-13-7-11(3)12(4)8-14(13)6-10(9)2;1-9-5-6-11(3)14-12(4)8-7-10(2)13(9)14;1-7-8(2)12-6-5-11(7)9(3)10(12)4;1-5-9(2)12-7-6-10(3)11(4)8-12;2*1-7-5-9(3)10(4)6-8(7)2;1-6-5-7(2)9(4)8(6)3;4*1-7-5-3-4-6-8(7)2;1-3-2;1-2/h5-14H,1-4H3;2*5-8H,1-4H3;5-12H,1-4H3;8-10,12H,5-7H2,1-4H3;7-10H,5-6H2,1-4H3;5-6H,1-4H3;6-9H,5H2,1-4H3;4*3-6H,1-2H3;3H2,1-2H3;1-2H3. The van der Waals surface area contributed by atoms with E-state index in [-0.39, 0.29) is 0 Å². The zero-order chi connectivity index (χ0) is 99.7. The van der Waals surface area contributed by atoms with Gasteiger partial charge in [-0.1, -0.05) is 366 Å². The van der Waals surface area contributed by atoms with E-state index in [4.69, 9.17) is 0 Å². The number of hydrogen-bond donors (Lipinski definition) is 0. The van der Waals surface area contributed by atoms with E-state index in [9.17, 15) is 0 Å². The molecule has 5 fully saturated rings. The summed E-state index contributed by atoms with van der Waals surface area (Å²) in [7, 11) is 0. The van der Waals surface area contributed by atoms with E-state index in [1.165, 1.54) is 178 Å². The van der Waals surface area contributed by atoms with Crippen LogP contribution < -0.4 is 0 Å². The summed E-state index contributed by atoms with van der Waals surface area (Å²) >= 11 is 0. The molecule has 9 aromatic rings. The van der Waals surface area contributed by atoms with Gasteiger partial charge in [0, 0.05) is 0 Å². The topological polar surface area (TPSA) is 0 Å². The molecule has 0 heterocycles. The SMILES string of the molecule is CC.CC1C(C)C2C=CC1C(C)C2C.CC1C(C)C2C=CC1C1C(C)C(C)C21.CC1CC(C)C(C)C1C.CC1CC(C)C(C)CC1C.CCC.CCC(C)C1C=C(C)C(C)CC1.Cc1cc(C)c(C)cc1C.Cc1cc2cc(C)c(C)cc2cc1C.Cc1ccc(C)c2c(C)ccc(C)c12.Cc1ccccc1C.Cc1ccccc1C.Cc1ccccc1C.Cc1ccccc1C. The van der Waals surface area contributed by atoms with Gasteiger partial charge >= 0.3 is 0 Å². The van der Waals surface area contributed by atoms with Crippen molar-refractivity contribution < 1.29 is 0 Å². The van der Waals surface area contributed by atoms with Gasteiger partial charge < -0.3 is 0 Å². The normalized spacial score (nSPS) is 27.9. The summed E-state index contributed by atoms with van der Waals surface area (Å²) in [5.74, 6) is 23.4. The second-order valence-corrected chi connectivity index (χ2v) is 44.3. The molecule has 0 radical (unpaired) electrons. The van der Waals surface area contributed by atoms with Crippen molar-refractivity contribution in [3.8, 4) is 0 Å². The number of rotatable bonds is 2. The third-order valence-corrected chi connectivity index (χ3v) is 34.9. The Hall–Kier alpha value is -7.28. The van der Waals surface area contributed by atoms with Gasteiger partial charge in [-0.2, -0.15) is 0 Å². The van der Waals surface area contributed by atoms with Crippen LogP contribution in [0.25, 0.3) is 21.5 Å². The van der Waals surface area contributed by atoms with Gasteiger partial charge in [-0.05, 0) is 458 Å². The number of fused-ring (bicyclic) bond motifs is 5. The smallest absolute Gasteiger partial charge is 0.0120 e. The second kappa shape index (κ2) is 57.1. The fourth-order valence-electron chi connectivity index (χ4n) is 22.0. The lowest BCUT2D eigenvalue weighted by molar-refractivity contribution is -0.131. The molecule has 9 aromatic carbocycles. The predicted octanol–water partition coefficient (Wildman–Crippen LogP) is 39.9. The third kappa shape index (κ3) is 33.9. The highest BCUT2D eigenvalue weighted by Gasteiger charge is 2.59. The first-order valence-electron chi connectivity index (χ1n) is 53.2. The third-order valence-electron chi connectivity index (χ3n) is 34.9. The molecule has 730 valence electrons. The van der Waals surface area contributed by atoms with Crippen LogP contribution in [0.2, 0.25) is 0 Å². The maximum atomic E-state index is 2.54. The highest BCUT2D eigenvalue weighted by Crippen LogP contribution is 2.64. The number of benzene rings is 9. The Kier molecular flexibility index (Phi) is 50.6. The summed E-state index contributed by atoms with van der Waals surface area (Å²) in [6, 6.07) is 55.9. The van der Waals surface area contributed by atoms with Crippen molar-refractivity contribution in [2.45, 2.75) is 350 Å². The average Bonchev–Trinajstić information content (AvgIpc) is 0.709. The van der Waals surface area contributed by atoms with E-state index < -0.39 is 0 Å². The summed E-state index contributed by atoms with van der Waals surface area (Å²) in [5.41, 5.74) is 29.2. The van der Waals surface area contributed by atoms with Gasteiger partial charge in [0.15, 0.2) is 0 Å². The van der Waals surface area contributed by atoms with E-state index in [1.807, 2.05) is 13.8 Å². The summed E-state index contributed by atoms with van der Waals surface area (Å²) in [5, 5.41) is 5.59. The fraction of sp³-hybridized carbons (Fsp3) is 0.576. The first kappa shape index (κ1) is 117. The molecule has 4 bridgehead atoms. The first-order chi connectivity index (χ1) is 62.1. The van der Waals surface area contributed by atoms with E-state index in [0.29, 0.717) is 0 Å². The quantitative estimate of drug-likeness (QED) is 0.151. The van der Waals surface area contributed by atoms with E-state index >= 15 is 0 Å². The lowest BCUT2D eigenvalue weighted by Crippen LogP contribution is -2.59. The van der Waals surface area contributed by atoms with Crippen LogP contribution in [0, 0.1) is 286 Å². The molecule has 0 spiro atoms. The summed E-state index contributed by atoms with van der Waals surface area (Å²) in [4.78, 5) is 0. The van der Waals surface area contributed by atoms with Gasteiger partial charge in [-0.25, -0.2) is 0 Å². The second-order valence-electron chi connectivity index (χ2n) is 44.3. The Labute approximate surface area is 818 Å². The van der Waals surface area contributed by atoms with Crippen molar-refractivity contribution in [3.05, 3.63) is 305 Å². The van der Waals surface area contributed by atoms with Crippen molar-refractivity contribution in [1.82, 2.24) is 0 Å². The molecule has 23 unspecified atom stereocenters. The van der Waals surface area contributed by atoms with Gasteiger partial charge in [0.1, 0.15) is 0 Å². The highest BCUT2D eigenvalue weighted by molar-refractivity contribution is 5.93. The van der Waals surface area contributed by atoms with Crippen molar-refractivity contribution in [2.24, 2.45) is 148 Å². The molecule has 23 atom stereocenters. The Morgan fingerprint density at radius 1 is 0.242 bits per heavy atom. The van der Waals surface area contributed by atoms with Crippen LogP contribution in [0.1, 0.15) is 322 Å². The molecule has 0 saturated heterocycles. The van der Waals surface area contributed by atoms with Crippen molar-refractivity contribution in [3.63, 3.8) is 0 Å². The Bertz CT molecular complexity index is 4370. The van der Waals surface area contributed by atoms with Crippen molar-refractivity contribution in [1.29, 1.82) is 0 Å². The minimum Gasteiger partial charge on any atom is -0.0846 e. The van der Waals surface area contributed by atoms with Crippen LogP contribution in [0.3, 0.4) is 0 Å². The van der Waals surface area contributed by atoms with E-state index in [1.54, 1.807) is 5.57 Å². The molecule has 10 aliphatic rings. The fourth-order valence-corrected chi connectivity index (χ4v) is 22.0. The summed E-state index contributed by atoms with van der Waals surface area (Å²) < 4.78 is 0. The van der Waals surface area contributed by atoms with Crippen LogP contribution in [0.5, 0.6) is 0 Å². The number of allylic oxidation sites excluding steroid dienone is 6. The lowest BCUT2D eigenvalue weighted by atomic mass is 9.40. The Morgan fingerprint density at radius 3 is 0.659 bits per heavy atom. The van der Waals surface area contributed by atoms with Crippen LogP contribution in [0.4, 0.5) is 0 Å². The van der Waals surface area contributed by atoms with Crippen LogP contribution in [-0.4, -0.2) is 0 Å². The van der Waals surface area contributed by atoms with Crippen molar-refractivity contribution in [2.75, 3.05) is 0 Å². The molecule has 0 N–H and O–H groups in total. The largest absolute Gasteiger partial charge is 0.0846 e. The van der Waals surface area contributed by atoms with Crippen molar-refractivity contribution >= 4 is 21.5 Å². The van der Waals surface area contributed by atoms with Gasteiger partial charge in [-0.15, -0.1) is 0 Å². The molecular weight excluding hydrogens is 1590 g/mol. The maximum Gasteiger partial charge on any atom is -0.0120 e. The Balaban J connectivity index is 0.000000301. The lowest BCUT2D eigenvalue weighted by Gasteiger charge is -2.64. The van der Waals surface area contributed by atoms with Crippen LogP contribution in [0.15, 0.2) is 194 Å². The minimum absolute atomic E-state index is 0.838. The van der Waals surface area contributed by atoms with Gasteiger partial charge in [0.05, 0.1) is 0 Å². The molecule has 19 rings (SSSR count). The maximum absolute atomic E-state index is 2.54. The summed E-state index contributed by atoms with van der Waals surface area (Å²) in [6.45, 7) is 99.3. The molecule has 0 aromatic heterocycles. The zero-order valence-corrected chi connectivity index (χ0v) is 93.8. The molecule has 0 heteroatoms. The average molecular weight is 1790 g/mol. The van der Waals surface area contributed by atoms with Crippen LogP contribution >= 0.6 is 0 Å².